The molecule has 0 aliphatic carbocycles. The average Bonchev–Trinajstić information content (AvgIpc) is 3.19. The van der Waals surface area contributed by atoms with Gasteiger partial charge in [0, 0.05) is 19.3 Å². The van der Waals surface area contributed by atoms with Gasteiger partial charge in [0.05, 0.1) is 11.4 Å². The number of rotatable bonds is 1. The fourth-order valence-corrected chi connectivity index (χ4v) is 3.82. The summed E-state index contributed by atoms with van der Waals surface area (Å²) < 4.78 is 1.13. The van der Waals surface area contributed by atoms with E-state index in [-0.39, 0.29) is 17.2 Å². The number of hydrogen-bond donors (Lipinski definition) is 3. The van der Waals surface area contributed by atoms with Crippen LogP contribution >= 0.6 is 0 Å². The second kappa shape index (κ2) is 5.91. The number of piperidine rings is 1. The zero-order chi connectivity index (χ0) is 19.3. The zero-order valence-electron chi connectivity index (χ0n) is 14.8. The summed E-state index contributed by atoms with van der Waals surface area (Å²) in [5.41, 5.74) is 0.350. The first-order valence-electron chi connectivity index (χ1n) is 8.96. The number of nitrogens with one attached hydrogen (secondary N) is 3. The number of aromatic amines is 1. The van der Waals surface area contributed by atoms with Crippen molar-refractivity contribution in [3.63, 3.8) is 0 Å². The maximum absolute atomic E-state index is 12.9. The molecule has 1 saturated heterocycles. The maximum atomic E-state index is 12.9. The Labute approximate surface area is 158 Å². The number of hydrogen-bond acceptors (Lipinski definition) is 6. The SMILES string of the molecule is O=C(c1cnc2nc[nH]n2c1=O)N1CCC2(CC1)Nc1ccccc1NC2=O. The van der Waals surface area contributed by atoms with Crippen LogP contribution in [0.3, 0.4) is 0 Å². The molecule has 2 aliphatic heterocycles. The topological polar surface area (TPSA) is 124 Å². The molecule has 1 aromatic carbocycles. The number of anilines is 2. The van der Waals surface area contributed by atoms with Gasteiger partial charge in [-0.25, -0.2) is 9.97 Å². The van der Waals surface area contributed by atoms with Crippen molar-refractivity contribution in [2.24, 2.45) is 0 Å². The molecule has 0 saturated carbocycles. The Morgan fingerprint density at radius 1 is 1.07 bits per heavy atom. The summed E-state index contributed by atoms with van der Waals surface area (Å²) in [7, 11) is 0. The molecule has 1 fully saturated rings. The summed E-state index contributed by atoms with van der Waals surface area (Å²) in [6, 6.07) is 7.53. The summed E-state index contributed by atoms with van der Waals surface area (Å²) >= 11 is 0. The Bertz CT molecular complexity index is 1160. The first-order chi connectivity index (χ1) is 13.6. The monoisotopic (exact) mass is 379 g/mol. The molecular weight excluding hydrogens is 362 g/mol. The van der Waals surface area contributed by atoms with Gasteiger partial charge in [-0.1, -0.05) is 12.1 Å². The van der Waals surface area contributed by atoms with Crippen molar-refractivity contribution in [1.29, 1.82) is 0 Å². The summed E-state index contributed by atoms with van der Waals surface area (Å²) in [5, 5.41) is 8.94. The average molecular weight is 379 g/mol. The van der Waals surface area contributed by atoms with Crippen molar-refractivity contribution in [1.82, 2.24) is 24.5 Å². The van der Waals surface area contributed by atoms with Gasteiger partial charge in [0.1, 0.15) is 17.4 Å². The lowest BCUT2D eigenvalue weighted by Crippen LogP contribution is -2.59. The molecule has 2 aliphatic rings. The fraction of sp³-hybridized carbons (Fsp3) is 0.278. The third-order valence-corrected chi connectivity index (χ3v) is 5.43. The van der Waals surface area contributed by atoms with Gasteiger partial charge in [-0.05, 0) is 25.0 Å². The Morgan fingerprint density at radius 3 is 2.61 bits per heavy atom. The first kappa shape index (κ1) is 16.5. The fourth-order valence-electron chi connectivity index (χ4n) is 3.82. The molecule has 142 valence electrons. The summed E-state index contributed by atoms with van der Waals surface area (Å²) in [6.07, 6.45) is 3.49. The van der Waals surface area contributed by atoms with E-state index < -0.39 is 17.0 Å². The first-order valence-corrected chi connectivity index (χ1v) is 8.96. The molecule has 5 rings (SSSR count). The molecule has 3 N–H and O–H groups in total. The minimum absolute atomic E-state index is 0.0240. The molecule has 10 heteroatoms. The Hall–Kier alpha value is -3.69. The highest BCUT2D eigenvalue weighted by Crippen LogP contribution is 2.36. The van der Waals surface area contributed by atoms with Crippen LogP contribution in [0, 0.1) is 0 Å². The Kier molecular flexibility index (Phi) is 3.48. The highest BCUT2D eigenvalue weighted by atomic mass is 16.2. The molecular formula is C18H17N7O3. The van der Waals surface area contributed by atoms with E-state index in [0.717, 1.165) is 15.9 Å². The van der Waals surface area contributed by atoms with Gasteiger partial charge < -0.3 is 15.5 Å². The van der Waals surface area contributed by atoms with Gasteiger partial charge in [0.15, 0.2) is 0 Å². The van der Waals surface area contributed by atoms with Gasteiger partial charge in [-0.15, -0.1) is 0 Å². The molecule has 4 heterocycles. The molecule has 2 aromatic heterocycles. The number of amides is 2. The van der Waals surface area contributed by atoms with Gasteiger partial charge in [-0.2, -0.15) is 4.52 Å². The summed E-state index contributed by atoms with van der Waals surface area (Å²) in [5.74, 6) is -0.284. The molecule has 1 spiro atoms. The van der Waals surface area contributed by atoms with E-state index in [1.165, 1.54) is 12.5 Å². The molecule has 10 nitrogen and oxygen atoms in total. The number of benzene rings is 1. The molecule has 0 radical (unpaired) electrons. The lowest BCUT2D eigenvalue weighted by molar-refractivity contribution is -0.122. The second-order valence-corrected chi connectivity index (χ2v) is 7.00. The van der Waals surface area contributed by atoms with Crippen molar-refractivity contribution in [2.75, 3.05) is 23.7 Å². The number of carbonyl (C=O) groups excluding carboxylic acids is 2. The van der Waals surface area contributed by atoms with E-state index in [9.17, 15) is 14.4 Å². The number of fused-ring (bicyclic) bond motifs is 2. The number of aromatic nitrogens is 4. The number of likely N-dealkylation sites (tertiary alicyclic amines) is 1. The smallest absolute Gasteiger partial charge is 0.286 e. The van der Waals surface area contributed by atoms with E-state index in [4.69, 9.17) is 0 Å². The van der Waals surface area contributed by atoms with Crippen LogP contribution in [0.5, 0.6) is 0 Å². The van der Waals surface area contributed by atoms with Crippen molar-refractivity contribution >= 4 is 29.0 Å². The standard InChI is InChI=1S/C18H17N7O3/c26-14(11-9-19-17-20-10-21-25(17)15(11)27)24-7-5-18(6-8-24)16(28)22-12-3-1-2-4-13(12)23-18/h1-4,9-10,23H,5-8H2,(H,22,28)(H,19,20,21). The van der Waals surface area contributed by atoms with Gasteiger partial charge in [0.25, 0.3) is 17.2 Å². The van der Waals surface area contributed by atoms with Gasteiger partial charge >= 0.3 is 0 Å². The van der Waals surface area contributed by atoms with Gasteiger partial charge in [0.2, 0.25) is 5.91 Å². The number of para-hydroxylation sites is 2. The molecule has 28 heavy (non-hydrogen) atoms. The van der Waals surface area contributed by atoms with Crippen LogP contribution in [0.4, 0.5) is 11.4 Å². The lowest BCUT2D eigenvalue weighted by atomic mass is 9.84. The van der Waals surface area contributed by atoms with Crippen molar-refractivity contribution in [2.45, 2.75) is 18.4 Å². The summed E-state index contributed by atoms with van der Waals surface area (Å²) in [6.45, 7) is 0.707. The van der Waals surface area contributed by atoms with Crippen molar-refractivity contribution in [3.8, 4) is 0 Å². The minimum Gasteiger partial charge on any atom is -0.369 e. The number of H-pyrrole nitrogens is 1. The third-order valence-electron chi connectivity index (χ3n) is 5.43. The van der Waals surface area contributed by atoms with Crippen LogP contribution in [0.1, 0.15) is 23.2 Å². The predicted molar refractivity (Wildman–Crippen MR) is 100 cm³/mol. The van der Waals surface area contributed by atoms with Crippen LogP contribution in [0.25, 0.3) is 5.78 Å². The number of nitrogens with zero attached hydrogens (tertiary/aromatic N) is 4. The third kappa shape index (κ3) is 2.38. The molecule has 0 unspecified atom stereocenters. The van der Waals surface area contributed by atoms with Crippen LogP contribution in [-0.2, 0) is 4.79 Å². The Morgan fingerprint density at radius 2 is 1.82 bits per heavy atom. The van der Waals surface area contributed by atoms with Crippen LogP contribution in [0.2, 0.25) is 0 Å². The van der Waals surface area contributed by atoms with E-state index >= 15 is 0 Å². The van der Waals surface area contributed by atoms with Gasteiger partial charge in [-0.3, -0.25) is 19.5 Å². The Balaban J connectivity index is 1.37. The molecule has 0 atom stereocenters. The lowest BCUT2D eigenvalue weighted by Gasteiger charge is -2.44. The second-order valence-electron chi connectivity index (χ2n) is 7.00. The maximum Gasteiger partial charge on any atom is 0.286 e. The van der Waals surface area contributed by atoms with E-state index in [2.05, 4.69) is 25.7 Å². The molecule has 2 amide bonds. The quantitative estimate of drug-likeness (QED) is 0.564. The zero-order valence-corrected chi connectivity index (χ0v) is 14.8. The predicted octanol–water partition coefficient (Wildman–Crippen LogP) is 0.457. The van der Waals surface area contributed by atoms with Crippen molar-refractivity contribution in [3.05, 3.63) is 52.7 Å². The van der Waals surface area contributed by atoms with Crippen LogP contribution < -0.4 is 16.2 Å². The molecule has 0 bridgehead atoms. The molecule has 3 aromatic rings. The summed E-state index contributed by atoms with van der Waals surface area (Å²) in [4.78, 5) is 47.6. The van der Waals surface area contributed by atoms with Crippen LogP contribution in [-0.4, -0.2) is 54.9 Å². The van der Waals surface area contributed by atoms with Crippen LogP contribution in [0.15, 0.2) is 41.6 Å². The highest BCUT2D eigenvalue weighted by Gasteiger charge is 2.45. The normalized spacial score (nSPS) is 17.9. The van der Waals surface area contributed by atoms with E-state index in [1.807, 2.05) is 24.3 Å². The number of carbonyl (C=O) groups is 2. The van der Waals surface area contributed by atoms with E-state index in [0.29, 0.717) is 25.9 Å². The largest absolute Gasteiger partial charge is 0.369 e. The van der Waals surface area contributed by atoms with E-state index in [1.54, 1.807) is 4.90 Å². The minimum atomic E-state index is -0.758. The highest BCUT2D eigenvalue weighted by molar-refractivity contribution is 6.06. The van der Waals surface area contributed by atoms with Crippen molar-refractivity contribution < 1.29 is 9.59 Å².